The second kappa shape index (κ2) is 7.87. The van der Waals surface area contributed by atoms with E-state index in [0.29, 0.717) is 12.0 Å². The SMILES string of the molecule is CCNC1(C#N)CCCC1CCN(C)C(CC)CC. The van der Waals surface area contributed by atoms with E-state index in [1.54, 1.807) is 0 Å². The lowest BCUT2D eigenvalue weighted by Gasteiger charge is -2.32. The highest BCUT2D eigenvalue weighted by Crippen LogP contribution is 2.37. The van der Waals surface area contributed by atoms with Crippen LogP contribution >= 0.6 is 0 Å². The molecule has 19 heavy (non-hydrogen) atoms. The van der Waals surface area contributed by atoms with Gasteiger partial charge in [-0.05, 0) is 58.2 Å². The number of hydrogen-bond donors (Lipinski definition) is 1. The van der Waals surface area contributed by atoms with Gasteiger partial charge < -0.3 is 4.90 Å². The zero-order valence-corrected chi connectivity index (χ0v) is 13.2. The first-order valence-electron chi connectivity index (χ1n) is 8.00. The smallest absolute Gasteiger partial charge is 0.109 e. The van der Waals surface area contributed by atoms with E-state index in [0.717, 1.165) is 25.9 Å². The average Bonchev–Trinajstić information content (AvgIpc) is 2.81. The van der Waals surface area contributed by atoms with Crippen molar-refractivity contribution < 1.29 is 0 Å². The van der Waals surface area contributed by atoms with E-state index in [-0.39, 0.29) is 5.54 Å². The van der Waals surface area contributed by atoms with Crippen molar-refractivity contribution in [3.63, 3.8) is 0 Å². The van der Waals surface area contributed by atoms with Gasteiger partial charge in [-0.3, -0.25) is 5.32 Å². The predicted octanol–water partition coefficient (Wildman–Crippen LogP) is 3.17. The van der Waals surface area contributed by atoms with Gasteiger partial charge in [-0.25, -0.2) is 0 Å². The molecular weight excluding hydrogens is 234 g/mol. The van der Waals surface area contributed by atoms with Crippen molar-refractivity contribution >= 4 is 0 Å². The third-order valence-electron chi connectivity index (χ3n) is 4.91. The van der Waals surface area contributed by atoms with E-state index in [1.807, 2.05) is 0 Å². The molecular formula is C16H31N3. The molecule has 0 bridgehead atoms. The molecule has 1 aliphatic rings. The first kappa shape index (κ1) is 16.5. The molecule has 0 amide bonds. The van der Waals surface area contributed by atoms with Crippen molar-refractivity contribution in [2.75, 3.05) is 20.1 Å². The van der Waals surface area contributed by atoms with E-state index in [2.05, 4.69) is 44.1 Å². The monoisotopic (exact) mass is 265 g/mol. The van der Waals surface area contributed by atoms with Crippen molar-refractivity contribution in [1.29, 1.82) is 5.26 Å². The molecule has 3 nitrogen and oxygen atoms in total. The molecule has 0 spiro atoms. The summed E-state index contributed by atoms with van der Waals surface area (Å²) in [6.07, 6.45) is 7.00. The fraction of sp³-hybridized carbons (Fsp3) is 0.938. The third kappa shape index (κ3) is 3.94. The molecule has 1 rings (SSSR count). The molecule has 3 heteroatoms. The number of nitrogens with zero attached hydrogens (tertiary/aromatic N) is 2. The average molecular weight is 265 g/mol. The Hall–Kier alpha value is -0.590. The zero-order chi connectivity index (χ0) is 14.3. The van der Waals surface area contributed by atoms with E-state index in [4.69, 9.17) is 0 Å². The van der Waals surface area contributed by atoms with Crippen LogP contribution in [0.4, 0.5) is 0 Å². The van der Waals surface area contributed by atoms with Gasteiger partial charge in [-0.2, -0.15) is 5.26 Å². The van der Waals surface area contributed by atoms with Crippen molar-refractivity contribution in [1.82, 2.24) is 10.2 Å². The lowest BCUT2D eigenvalue weighted by Crippen LogP contribution is -2.48. The van der Waals surface area contributed by atoms with E-state index < -0.39 is 0 Å². The van der Waals surface area contributed by atoms with Crippen LogP contribution in [0.25, 0.3) is 0 Å². The number of rotatable bonds is 8. The fourth-order valence-corrected chi connectivity index (χ4v) is 3.66. The highest BCUT2D eigenvalue weighted by atomic mass is 15.1. The topological polar surface area (TPSA) is 39.1 Å². The van der Waals surface area contributed by atoms with Gasteiger partial charge in [0.25, 0.3) is 0 Å². The summed E-state index contributed by atoms with van der Waals surface area (Å²) in [4.78, 5) is 2.48. The number of hydrogen-bond acceptors (Lipinski definition) is 3. The Labute approximate surface area is 119 Å². The minimum absolute atomic E-state index is 0.247. The summed E-state index contributed by atoms with van der Waals surface area (Å²) in [5, 5.41) is 13.0. The number of nitriles is 1. The van der Waals surface area contributed by atoms with Gasteiger partial charge in [-0.15, -0.1) is 0 Å². The van der Waals surface area contributed by atoms with Crippen LogP contribution in [0.1, 0.15) is 59.3 Å². The Morgan fingerprint density at radius 1 is 1.37 bits per heavy atom. The summed E-state index contributed by atoms with van der Waals surface area (Å²) in [5.74, 6) is 0.522. The fourth-order valence-electron chi connectivity index (χ4n) is 3.66. The minimum atomic E-state index is -0.247. The van der Waals surface area contributed by atoms with Crippen molar-refractivity contribution in [2.24, 2.45) is 5.92 Å². The molecule has 0 radical (unpaired) electrons. The van der Waals surface area contributed by atoms with Gasteiger partial charge in [0.15, 0.2) is 0 Å². The molecule has 1 saturated carbocycles. The molecule has 1 fully saturated rings. The second-order valence-electron chi connectivity index (χ2n) is 5.94. The Morgan fingerprint density at radius 2 is 2.05 bits per heavy atom. The molecule has 2 atom stereocenters. The van der Waals surface area contributed by atoms with Crippen LogP contribution < -0.4 is 5.32 Å². The maximum absolute atomic E-state index is 9.56. The van der Waals surface area contributed by atoms with Gasteiger partial charge in [0.05, 0.1) is 6.07 Å². The lowest BCUT2D eigenvalue weighted by atomic mass is 9.85. The Bertz CT molecular complexity index is 293. The summed E-state index contributed by atoms with van der Waals surface area (Å²) in [5.41, 5.74) is -0.247. The van der Waals surface area contributed by atoms with Crippen molar-refractivity contribution in [3.05, 3.63) is 0 Å². The van der Waals surface area contributed by atoms with Crippen LogP contribution in [0, 0.1) is 17.2 Å². The van der Waals surface area contributed by atoms with Crippen LogP contribution in [0.3, 0.4) is 0 Å². The zero-order valence-electron chi connectivity index (χ0n) is 13.2. The molecule has 1 aliphatic carbocycles. The first-order chi connectivity index (χ1) is 9.13. The van der Waals surface area contributed by atoms with Gasteiger partial charge in [-0.1, -0.05) is 27.2 Å². The maximum Gasteiger partial charge on any atom is 0.109 e. The van der Waals surface area contributed by atoms with Crippen LogP contribution in [0.15, 0.2) is 0 Å². The summed E-state index contributed by atoms with van der Waals surface area (Å²) in [6, 6.07) is 3.27. The molecule has 0 aliphatic heterocycles. The highest BCUT2D eigenvalue weighted by Gasteiger charge is 2.42. The second-order valence-corrected chi connectivity index (χ2v) is 5.94. The predicted molar refractivity (Wildman–Crippen MR) is 81.0 cm³/mol. The van der Waals surface area contributed by atoms with Crippen molar-refractivity contribution in [3.8, 4) is 6.07 Å². The van der Waals surface area contributed by atoms with E-state index in [9.17, 15) is 5.26 Å². The van der Waals surface area contributed by atoms with Gasteiger partial charge in [0, 0.05) is 6.04 Å². The van der Waals surface area contributed by atoms with Gasteiger partial charge >= 0.3 is 0 Å². The number of nitrogens with one attached hydrogen (secondary N) is 1. The van der Waals surface area contributed by atoms with Crippen molar-refractivity contribution in [2.45, 2.75) is 70.9 Å². The highest BCUT2D eigenvalue weighted by molar-refractivity contribution is 5.14. The summed E-state index contributed by atoms with van der Waals surface area (Å²) in [6.45, 7) is 8.64. The molecule has 110 valence electrons. The summed E-state index contributed by atoms with van der Waals surface area (Å²) >= 11 is 0. The molecule has 2 unspecified atom stereocenters. The van der Waals surface area contributed by atoms with Gasteiger partial charge in [0.2, 0.25) is 0 Å². The molecule has 0 aromatic carbocycles. The van der Waals surface area contributed by atoms with E-state index in [1.165, 1.54) is 25.7 Å². The van der Waals surface area contributed by atoms with Crippen LogP contribution in [0.5, 0.6) is 0 Å². The normalized spacial score (nSPS) is 27.1. The molecule has 0 aromatic heterocycles. The quantitative estimate of drug-likeness (QED) is 0.732. The molecule has 1 N–H and O–H groups in total. The first-order valence-corrected chi connectivity index (χ1v) is 8.00. The summed E-state index contributed by atoms with van der Waals surface area (Å²) < 4.78 is 0. The van der Waals surface area contributed by atoms with E-state index >= 15 is 0 Å². The Balaban J connectivity index is 2.54. The van der Waals surface area contributed by atoms with Gasteiger partial charge in [0.1, 0.15) is 5.54 Å². The molecule has 0 aromatic rings. The largest absolute Gasteiger partial charge is 0.303 e. The van der Waals surface area contributed by atoms with Crippen LogP contribution in [-0.4, -0.2) is 36.6 Å². The lowest BCUT2D eigenvalue weighted by molar-refractivity contribution is 0.196. The third-order valence-corrected chi connectivity index (χ3v) is 4.91. The Kier molecular flexibility index (Phi) is 6.82. The van der Waals surface area contributed by atoms with Crippen LogP contribution in [-0.2, 0) is 0 Å². The standard InChI is InChI=1S/C16H31N3/c1-5-15(6-2)19(4)12-10-14-9-8-11-16(14,13-17)18-7-3/h14-15,18H,5-12H2,1-4H3. The molecule has 0 heterocycles. The minimum Gasteiger partial charge on any atom is -0.303 e. The summed E-state index contributed by atoms with van der Waals surface area (Å²) in [7, 11) is 2.23. The molecule has 0 saturated heterocycles. The van der Waals surface area contributed by atoms with Crippen LogP contribution in [0.2, 0.25) is 0 Å². The Morgan fingerprint density at radius 3 is 2.58 bits per heavy atom. The maximum atomic E-state index is 9.56.